The largest absolute Gasteiger partial charge is 0.444 e. The van der Waals surface area contributed by atoms with Gasteiger partial charge >= 0.3 is 6.09 Å². The lowest BCUT2D eigenvalue weighted by Crippen LogP contribution is -2.70. The number of fused-ring (bicyclic) bond motifs is 3. The van der Waals surface area contributed by atoms with Crippen molar-refractivity contribution < 1.29 is 9.53 Å². The summed E-state index contributed by atoms with van der Waals surface area (Å²) in [5.41, 5.74) is 3.89. The predicted molar refractivity (Wildman–Crippen MR) is 137 cm³/mol. The summed E-state index contributed by atoms with van der Waals surface area (Å²) < 4.78 is 7.31. The maximum absolute atomic E-state index is 12.6. The maximum atomic E-state index is 12.6. The smallest absolute Gasteiger partial charge is 0.410 e. The summed E-state index contributed by atoms with van der Waals surface area (Å²) in [5, 5.41) is 14.9. The van der Waals surface area contributed by atoms with Gasteiger partial charge in [0.25, 0.3) is 0 Å². The van der Waals surface area contributed by atoms with Gasteiger partial charge in [-0.1, -0.05) is 0 Å². The van der Waals surface area contributed by atoms with Crippen molar-refractivity contribution in [3.63, 3.8) is 0 Å². The lowest BCUT2D eigenvalue weighted by molar-refractivity contribution is -0.0381. The van der Waals surface area contributed by atoms with Crippen LogP contribution >= 0.6 is 0 Å². The molecular weight excluding hydrogens is 470 g/mol. The second kappa shape index (κ2) is 8.30. The average molecular weight is 498 g/mol. The normalized spacial score (nSPS) is 19.0. The number of aryl methyl sites for hydroxylation is 1. The van der Waals surface area contributed by atoms with Gasteiger partial charge in [0.2, 0.25) is 5.95 Å². The molecule has 3 saturated heterocycles. The first kappa shape index (κ1) is 23.0. The van der Waals surface area contributed by atoms with Crippen molar-refractivity contribution in [1.29, 1.82) is 5.26 Å². The Morgan fingerprint density at radius 1 is 1.11 bits per heavy atom. The van der Waals surface area contributed by atoms with E-state index in [1.807, 2.05) is 45.0 Å². The van der Waals surface area contributed by atoms with Crippen LogP contribution in [0.1, 0.15) is 32.8 Å². The van der Waals surface area contributed by atoms with Gasteiger partial charge in [-0.3, -0.25) is 9.58 Å². The monoisotopic (exact) mass is 497 g/mol. The van der Waals surface area contributed by atoms with Crippen molar-refractivity contribution in [3.05, 3.63) is 42.6 Å². The van der Waals surface area contributed by atoms with E-state index < -0.39 is 5.60 Å². The van der Waals surface area contributed by atoms with Gasteiger partial charge in [-0.05, 0) is 33.3 Å². The third-order valence-electron chi connectivity index (χ3n) is 6.80. The van der Waals surface area contributed by atoms with Crippen LogP contribution in [0.15, 0.2) is 37.1 Å². The Bertz CT molecular complexity index is 1530. The van der Waals surface area contributed by atoms with Gasteiger partial charge < -0.3 is 14.6 Å². The number of aromatic nitrogens is 6. The van der Waals surface area contributed by atoms with Gasteiger partial charge in [0.05, 0.1) is 29.5 Å². The van der Waals surface area contributed by atoms with E-state index >= 15 is 0 Å². The highest BCUT2D eigenvalue weighted by Crippen LogP contribution is 2.36. The minimum Gasteiger partial charge on any atom is -0.444 e. The van der Waals surface area contributed by atoms with Crippen molar-refractivity contribution >= 4 is 23.1 Å². The fraction of sp³-hybridized carbons (Fsp3) is 0.385. The molecule has 1 amide bonds. The van der Waals surface area contributed by atoms with Crippen LogP contribution in [0.4, 0.5) is 10.7 Å². The number of nitriles is 1. The van der Waals surface area contributed by atoms with E-state index in [1.54, 1.807) is 29.5 Å². The highest BCUT2D eigenvalue weighted by atomic mass is 16.6. The maximum Gasteiger partial charge on any atom is 0.410 e. The van der Waals surface area contributed by atoms with Gasteiger partial charge in [-0.15, -0.1) is 0 Å². The predicted octanol–water partition coefficient (Wildman–Crippen LogP) is 3.49. The fourth-order valence-corrected chi connectivity index (χ4v) is 5.19. The summed E-state index contributed by atoms with van der Waals surface area (Å²) in [6.45, 7) is 6.95. The molecule has 1 N–H and O–H groups in total. The van der Waals surface area contributed by atoms with Crippen LogP contribution in [0.2, 0.25) is 0 Å². The van der Waals surface area contributed by atoms with E-state index in [2.05, 4.69) is 36.0 Å². The van der Waals surface area contributed by atoms with E-state index in [0.717, 1.165) is 34.2 Å². The molecule has 3 fully saturated rings. The molecule has 7 rings (SSSR count). The number of carbonyl (C=O) groups is 1. The molecule has 4 aromatic heterocycles. The lowest BCUT2D eigenvalue weighted by atomic mass is 9.88. The molecule has 7 heterocycles. The molecule has 188 valence electrons. The van der Waals surface area contributed by atoms with Crippen molar-refractivity contribution in [2.45, 2.75) is 44.9 Å². The van der Waals surface area contributed by atoms with Crippen LogP contribution in [0, 0.1) is 11.3 Å². The van der Waals surface area contributed by atoms with E-state index in [-0.39, 0.29) is 18.2 Å². The number of piperidine rings is 1. The molecule has 2 bridgehead atoms. The lowest BCUT2D eigenvalue weighted by Gasteiger charge is -2.55. The fourth-order valence-electron chi connectivity index (χ4n) is 5.19. The number of piperazine rings is 1. The minimum atomic E-state index is -0.515. The standard InChI is InChI=1S/C26H27N9O2/c1-26(2,3)37-25(36)35-18-5-19(35)14-34(13-18)24-29-9-16(10-30-24)22-15(7-27)8-28-23-20(22)6-21(32-23)17-11-31-33(4)12-17/h6,8-12,18-19H,5,13-14H2,1-4H3,(H,28,32). The number of pyridine rings is 1. The average Bonchev–Trinajstić information content (AvgIpc) is 3.48. The molecule has 3 aliphatic rings. The first-order valence-corrected chi connectivity index (χ1v) is 12.2. The number of hydrogen-bond acceptors (Lipinski definition) is 8. The summed E-state index contributed by atoms with van der Waals surface area (Å²) >= 11 is 0. The molecule has 0 aliphatic carbocycles. The molecule has 0 radical (unpaired) electrons. The van der Waals surface area contributed by atoms with Crippen LogP contribution in [-0.2, 0) is 11.8 Å². The summed E-state index contributed by atoms with van der Waals surface area (Å²) in [6, 6.07) is 4.41. The Kier molecular flexibility index (Phi) is 5.15. The Morgan fingerprint density at radius 3 is 2.46 bits per heavy atom. The molecule has 11 nitrogen and oxygen atoms in total. The number of amides is 1. The highest BCUT2D eigenvalue weighted by molar-refractivity contribution is 5.98. The Labute approximate surface area is 213 Å². The number of anilines is 1. The number of H-pyrrole nitrogens is 1. The van der Waals surface area contributed by atoms with Gasteiger partial charge in [-0.25, -0.2) is 19.7 Å². The first-order valence-electron chi connectivity index (χ1n) is 12.2. The minimum absolute atomic E-state index is 0.0904. The van der Waals surface area contributed by atoms with Crippen LogP contribution in [0.25, 0.3) is 33.4 Å². The van der Waals surface area contributed by atoms with Crippen molar-refractivity contribution in [2.24, 2.45) is 7.05 Å². The van der Waals surface area contributed by atoms with Gasteiger partial charge in [0.15, 0.2) is 0 Å². The summed E-state index contributed by atoms with van der Waals surface area (Å²) in [4.78, 5) is 33.6. The zero-order valence-electron chi connectivity index (χ0n) is 21.1. The molecule has 0 aromatic carbocycles. The van der Waals surface area contributed by atoms with Crippen LogP contribution < -0.4 is 4.90 Å². The third kappa shape index (κ3) is 4.04. The van der Waals surface area contributed by atoms with E-state index in [1.165, 1.54) is 0 Å². The second-order valence-corrected chi connectivity index (χ2v) is 10.6. The number of carbonyl (C=O) groups excluding carboxylic acids is 1. The molecule has 37 heavy (non-hydrogen) atoms. The summed E-state index contributed by atoms with van der Waals surface area (Å²) in [6.07, 6.45) is 9.47. The van der Waals surface area contributed by atoms with Crippen molar-refractivity contribution in [1.82, 2.24) is 34.6 Å². The molecule has 0 saturated carbocycles. The Morgan fingerprint density at radius 2 is 1.84 bits per heavy atom. The molecule has 2 atom stereocenters. The zero-order valence-corrected chi connectivity index (χ0v) is 21.1. The number of nitrogens with one attached hydrogen (secondary N) is 1. The summed E-state index contributed by atoms with van der Waals surface area (Å²) in [5.74, 6) is 0.608. The number of aromatic amines is 1. The van der Waals surface area contributed by atoms with Crippen molar-refractivity contribution in [2.75, 3.05) is 18.0 Å². The van der Waals surface area contributed by atoms with E-state index in [0.29, 0.717) is 30.2 Å². The number of hydrogen-bond donors (Lipinski definition) is 1. The van der Waals surface area contributed by atoms with Gasteiger partial charge in [0.1, 0.15) is 17.3 Å². The Balaban J connectivity index is 1.25. The molecule has 0 spiro atoms. The topological polar surface area (TPSA) is 129 Å². The number of ether oxygens (including phenoxy) is 1. The third-order valence-corrected chi connectivity index (χ3v) is 6.80. The molecule has 3 aliphatic heterocycles. The number of nitrogens with zero attached hydrogens (tertiary/aromatic N) is 8. The molecule has 11 heteroatoms. The Hall–Kier alpha value is -4.46. The zero-order chi connectivity index (χ0) is 25.9. The first-order chi connectivity index (χ1) is 17.7. The van der Waals surface area contributed by atoms with E-state index in [9.17, 15) is 10.1 Å². The highest BCUT2D eigenvalue weighted by Gasteiger charge is 2.49. The summed E-state index contributed by atoms with van der Waals surface area (Å²) in [7, 11) is 1.86. The van der Waals surface area contributed by atoms with Gasteiger partial charge in [-0.2, -0.15) is 10.4 Å². The number of rotatable bonds is 3. The molecule has 2 unspecified atom stereocenters. The van der Waals surface area contributed by atoms with Gasteiger partial charge in [0, 0.05) is 67.0 Å². The van der Waals surface area contributed by atoms with Crippen LogP contribution in [0.5, 0.6) is 0 Å². The van der Waals surface area contributed by atoms with Crippen LogP contribution in [0.3, 0.4) is 0 Å². The van der Waals surface area contributed by atoms with E-state index in [4.69, 9.17) is 4.74 Å². The van der Waals surface area contributed by atoms with Crippen molar-refractivity contribution in [3.8, 4) is 28.5 Å². The SMILES string of the molecule is Cn1cc(-c2cc3c(-c4cnc(N5CC6CC(C5)N6C(=O)OC(C)(C)C)nc4)c(C#N)cnc3[nH]2)cn1. The second-order valence-electron chi connectivity index (χ2n) is 10.6. The molecule has 4 aromatic rings. The quantitative estimate of drug-likeness (QED) is 0.455. The van der Waals surface area contributed by atoms with Crippen LogP contribution in [-0.4, -0.2) is 71.5 Å². The molecular formula is C26H27N9O2.